The number of halogens is 4. The highest BCUT2D eigenvalue weighted by Gasteiger charge is 2.17. The Morgan fingerprint density at radius 2 is 1.25 bits per heavy atom. The Kier molecular flexibility index (Phi) is 15.7. The van der Waals surface area contributed by atoms with Crippen LogP contribution in [-0.4, -0.2) is 28.7 Å². The molecule has 0 saturated carbocycles. The van der Waals surface area contributed by atoms with Crippen molar-refractivity contribution in [1.29, 1.82) is 0 Å². The molecule has 0 spiro atoms. The van der Waals surface area contributed by atoms with Crippen molar-refractivity contribution in [1.82, 2.24) is 4.90 Å². The first-order chi connectivity index (χ1) is 12.4. The van der Waals surface area contributed by atoms with Gasteiger partial charge in [0.05, 0.1) is 0 Å². The number of carbonyl (C=O) groups is 1. The van der Waals surface area contributed by atoms with Crippen LogP contribution in [0.4, 0.5) is 0 Å². The molecule has 1 amide bonds. The lowest BCUT2D eigenvalue weighted by atomic mass is 10.1. The van der Waals surface area contributed by atoms with E-state index in [2.05, 4.69) is 62.2 Å². The number of amides is 1. The molecule has 0 bridgehead atoms. The molecule has 0 saturated heterocycles. The highest BCUT2D eigenvalue weighted by atomic mass is 35.5. The summed E-state index contributed by atoms with van der Waals surface area (Å²) in [4.78, 5) is 11.6. The molecular formula is C20H25Cl4N3O. The molecule has 154 valence electrons. The van der Waals surface area contributed by atoms with Crippen LogP contribution in [0, 0.1) is 0 Å². The fourth-order valence-corrected chi connectivity index (χ4v) is 2.37. The summed E-state index contributed by atoms with van der Waals surface area (Å²) in [6, 6.07) is 8.48. The van der Waals surface area contributed by atoms with E-state index in [0.29, 0.717) is 13.1 Å². The number of hydrogen-bond acceptors (Lipinski definition) is 1. The van der Waals surface area contributed by atoms with Crippen LogP contribution in [0.25, 0.3) is 11.1 Å². The fraction of sp³-hybridized carbons (Fsp3) is 0.250. The van der Waals surface area contributed by atoms with E-state index in [1.165, 1.54) is 16.0 Å². The van der Waals surface area contributed by atoms with Crippen molar-refractivity contribution in [3.8, 4) is 11.1 Å². The van der Waals surface area contributed by atoms with Crippen molar-refractivity contribution in [2.45, 2.75) is 4.84 Å². The Bertz CT molecular complexity index is 666. The van der Waals surface area contributed by atoms with E-state index in [4.69, 9.17) is 23.2 Å². The van der Waals surface area contributed by atoms with E-state index in [1.54, 1.807) is 12.2 Å². The topological polar surface area (TPSA) is 28.1 Å². The number of alkyl halides is 2. The minimum absolute atomic E-state index is 0. The van der Waals surface area contributed by atoms with Gasteiger partial charge in [-0.25, -0.2) is 9.13 Å². The zero-order valence-corrected chi connectivity index (χ0v) is 19.0. The Hall–Kier alpha value is -1.59. The lowest BCUT2D eigenvalue weighted by Crippen LogP contribution is -3.00. The van der Waals surface area contributed by atoms with Gasteiger partial charge in [0.1, 0.15) is 14.1 Å². The van der Waals surface area contributed by atoms with E-state index in [1.807, 2.05) is 23.2 Å². The number of aromatic nitrogens is 2. The van der Waals surface area contributed by atoms with Crippen molar-refractivity contribution in [2.24, 2.45) is 14.1 Å². The average Bonchev–Trinajstić information content (AvgIpc) is 2.63. The molecule has 2 heterocycles. The van der Waals surface area contributed by atoms with E-state index in [0.717, 1.165) is 0 Å². The van der Waals surface area contributed by atoms with Gasteiger partial charge in [-0.3, -0.25) is 4.79 Å². The zero-order valence-electron chi connectivity index (χ0n) is 15.9. The van der Waals surface area contributed by atoms with Gasteiger partial charge >= 0.3 is 0 Å². The molecule has 0 aliphatic carbocycles. The normalized spacial score (nSPS) is 9.18. The van der Waals surface area contributed by atoms with Crippen LogP contribution in [0.1, 0.15) is 0 Å². The van der Waals surface area contributed by atoms with Crippen LogP contribution in [0.3, 0.4) is 0 Å². The van der Waals surface area contributed by atoms with Gasteiger partial charge in [0.25, 0.3) is 5.91 Å². The van der Waals surface area contributed by atoms with Crippen molar-refractivity contribution in [3.63, 3.8) is 0 Å². The smallest absolute Gasteiger partial charge is 0.256 e. The zero-order chi connectivity index (χ0) is 19.5. The minimum atomic E-state index is -1.01. The number of nitrogens with zero attached hydrogens (tertiary/aromatic N) is 3. The van der Waals surface area contributed by atoms with Gasteiger partial charge in [0.15, 0.2) is 29.6 Å². The van der Waals surface area contributed by atoms with Gasteiger partial charge in [-0.1, -0.05) is 35.4 Å². The third-order valence-electron chi connectivity index (χ3n) is 3.49. The summed E-state index contributed by atoms with van der Waals surface area (Å²) in [6.45, 7) is 7.88. The second-order valence-corrected chi connectivity index (χ2v) is 6.72. The highest BCUT2D eigenvalue weighted by Crippen LogP contribution is 2.15. The maximum atomic E-state index is 11.2. The first-order valence-electron chi connectivity index (χ1n) is 8.08. The van der Waals surface area contributed by atoms with Gasteiger partial charge in [0, 0.05) is 37.4 Å². The summed E-state index contributed by atoms with van der Waals surface area (Å²) in [5, 5.41) is 0. The molecule has 0 aliphatic heterocycles. The van der Waals surface area contributed by atoms with Crippen LogP contribution >= 0.6 is 23.2 Å². The first-order valence-corrected chi connectivity index (χ1v) is 8.96. The molecule has 4 nitrogen and oxygen atoms in total. The monoisotopic (exact) mass is 463 g/mol. The molecule has 0 aliphatic rings. The van der Waals surface area contributed by atoms with Crippen LogP contribution in [0.15, 0.2) is 74.4 Å². The Morgan fingerprint density at radius 1 is 0.929 bits per heavy atom. The van der Waals surface area contributed by atoms with Crippen molar-refractivity contribution in [2.75, 3.05) is 13.1 Å². The number of carbonyl (C=O) groups excluding carboxylic acids is 1. The largest absolute Gasteiger partial charge is 1.00 e. The van der Waals surface area contributed by atoms with Crippen molar-refractivity contribution in [3.05, 3.63) is 74.4 Å². The van der Waals surface area contributed by atoms with Gasteiger partial charge in [-0.15, -0.1) is 13.2 Å². The second-order valence-electron chi connectivity index (χ2n) is 5.63. The van der Waals surface area contributed by atoms with Crippen LogP contribution in [-0.2, 0) is 18.9 Å². The predicted octanol–water partition coefficient (Wildman–Crippen LogP) is -3.00. The summed E-state index contributed by atoms with van der Waals surface area (Å²) in [5.74, 6) is -0.321. The van der Waals surface area contributed by atoms with Crippen molar-refractivity contribution >= 4 is 29.1 Å². The predicted molar refractivity (Wildman–Crippen MR) is 107 cm³/mol. The maximum absolute atomic E-state index is 11.2. The number of pyridine rings is 2. The summed E-state index contributed by atoms with van der Waals surface area (Å²) in [6.07, 6.45) is 11.4. The molecular weight excluding hydrogens is 440 g/mol. The summed E-state index contributed by atoms with van der Waals surface area (Å²) in [5.41, 5.74) is 2.51. The molecule has 0 N–H and O–H groups in total. The SMILES string of the molecule is C=CCN(CC=C)C(=O)C(Cl)Cl.C[n+]1ccc(-c2cc[n+](C)cc2)cc1.[Cl-].[Cl-]. The molecule has 2 rings (SSSR count). The van der Waals surface area contributed by atoms with Gasteiger partial charge < -0.3 is 29.7 Å². The molecule has 28 heavy (non-hydrogen) atoms. The molecule has 0 aromatic carbocycles. The lowest BCUT2D eigenvalue weighted by Gasteiger charge is -2.19. The molecule has 0 fully saturated rings. The number of aryl methyl sites for hydroxylation is 2. The van der Waals surface area contributed by atoms with E-state index >= 15 is 0 Å². The first kappa shape index (κ1) is 28.6. The minimum Gasteiger partial charge on any atom is -1.00 e. The average molecular weight is 465 g/mol. The summed E-state index contributed by atoms with van der Waals surface area (Å²) in [7, 11) is 4.05. The quantitative estimate of drug-likeness (QED) is 0.254. The van der Waals surface area contributed by atoms with Crippen LogP contribution in [0.2, 0.25) is 0 Å². The third-order valence-corrected chi connectivity index (χ3v) is 3.86. The Balaban J connectivity index is 0. The van der Waals surface area contributed by atoms with E-state index in [9.17, 15) is 4.79 Å². The fourth-order valence-electron chi connectivity index (χ4n) is 2.09. The molecule has 0 atom stereocenters. The molecule has 2 aromatic rings. The second kappa shape index (κ2) is 15.3. The van der Waals surface area contributed by atoms with Crippen LogP contribution < -0.4 is 33.9 Å². The van der Waals surface area contributed by atoms with Gasteiger partial charge in [0.2, 0.25) is 0 Å². The van der Waals surface area contributed by atoms with Crippen LogP contribution in [0.5, 0.6) is 0 Å². The lowest BCUT2D eigenvalue weighted by molar-refractivity contribution is -0.671. The Morgan fingerprint density at radius 3 is 1.50 bits per heavy atom. The van der Waals surface area contributed by atoms with E-state index < -0.39 is 4.84 Å². The summed E-state index contributed by atoms with van der Waals surface area (Å²) >= 11 is 10.8. The standard InChI is InChI=1S/C12H14N2.C8H11Cl2NO.2ClH/c1-13-7-3-11(4-8-13)12-5-9-14(2)10-6-12;1-3-5-11(6-4-2)8(12)7(9)10;;/h3-10H,1-2H3;3-4,7H,1-2,5-6H2;2*1H/q+2;;;/p-2. The van der Waals surface area contributed by atoms with E-state index in [-0.39, 0.29) is 30.7 Å². The molecule has 8 heteroatoms. The molecule has 0 unspecified atom stereocenters. The molecule has 2 aromatic heterocycles. The summed E-state index contributed by atoms with van der Waals surface area (Å²) < 4.78 is 4.07. The molecule has 0 radical (unpaired) electrons. The maximum Gasteiger partial charge on any atom is 0.256 e. The number of rotatable bonds is 6. The Labute approximate surface area is 189 Å². The third kappa shape index (κ3) is 10.1. The van der Waals surface area contributed by atoms with Crippen molar-refractivity contribution < 1.29 is 38.7 Å². The van der Waals surface area contributed by atoms with Gasteiger partial charge in [-0.05, 0) is 11.1 Å². The van der Waals surface area contributed by atoms with Gasteiger partial charge in [-0.2, -0.15) is 0 Å². The highest BCUT2D eigenvalue weighted by molar-refractivity contribution is 6.53. The number of hydrogen-bond donors (Lipinski definition) is 0.